The molecule has 1 N–H and O–H groups in total. The van der Waals surface area contributed by atoms with Crippen molar-refractivity contribution in [2.75, 3.05) is 19.6 Å². The highest BCUT2D eigenvalue weighted by Gasteiger charge is 2.20. The van der Waals surface area contributed by atoms with Crippen molar-refractivity contribution in [1.82, 2.24) is 14.8 Å². The molecule has 1 fully saturated rings. The van der Waals surface area contributed by atoms with Crippen LogP contribution >= 0.6 is 0 Å². The average Bonchev–Trinajstić information content (AvgIpc) is 2.44. The van der Waals surface area contributed by atoms with Crippen LogP contribution in [0.3, 0.4) is 0 Å². The fraction of sp³-hybridized carbons (Fsp3) is 0.600. The molecule has 0 atom stereocenters. The van der Waals surface area contributed by atoms with Gasteiger partial charge in [-0.2, -0.15) is 0 Å². The highest BCUT2D eigenvalue weighted by atomic mass is 16.2. The largest absolute Gasteiger partial charge is 0.352 e. The summed E-state index contributed by atoms with van der Waals surface area (Å²) in [5.41, 5.74) is -0.139. The lowest BCUT2D eigenvalue weighted by molar-refractivity contribution is -0.122. The molecule has 0 unspecified atom stereocenters. The first kappa shape index (κ1) is 14.8. The van der Waals surface area contributed by atoms with E-state index in [0.717, 1.165) is 32.5 Å². The van der Waals surface area contributed by atoms with Crippen LogP contribution in [0.15, 0.2) is 29.2 Å². The zero-order valence-electron chi connectivity index (χ0n) is 12.0. The third-order valence-electron chi connectivity index (χ3n) is 3.71. The van der Waals surface area contributed by atoms with E-state index in [-0.39, 0.29) is 24.1 Å². The molecule has 5 heteroatoms. The van der Waals surface area contributed by atoms with Crippen molar-refractivity contribution < 1.29 is 4.79 Å². The second-order valence-electron chi connectivity index (χ2n) is 5.35. The fourth-order valence-corrected chi connectivity index (χ4v) is 2.64. The van der Waals surface area contributed by atoms with E-state index in [1.165, 1.54) is 17.1 Å². The topological polar surface area (TPSA) is 54.3 Å². The van der Waals surface area contributed by atoms with Crippen LogP contribution in [-0.2, 0) is 11.3 Å². The molecule has 0 saturated carbocycles. The summed E-state index contributed by atoms with van der Waals surface area (Å²) in [5.74, 6) is -0.0766. The van der Waals surface area contributed by atoms with E-state index in [1.807, 2.05) is 0 Å². The Morgan fingerprint density at radius 3 is 2.75 bits per heavy atom. The molecular formula is C15H23N3O2. The first-order valence-corrected chi connectivity index (χ1v) is 7.36. The number of piperidine rings is 1. The Bertz CT molecular complexity index is 490. The summed E-state index contributed by atoms with van der Waals surface area (Å²) in [6, 6.07) is 5.16. The molecule has 0 spiro atoms. The first-order chi connectivity index (χ1) is 9.69. The number of hydrogen-bond acceptors (Lipinski definition) is 3. The lowest BCUT2D eigenvalue weighted by atomic mass is 10.0. The number of hydrogen-bond donors (Lipinski definition) is 1. The minimum atomic E-state index is -0.139. The van der Waals surface area contributed by atoms with Gasteiger partial charge in [-0.15, -0.1) is 0 Å². The molecule has 0 aliphatic carbocycles. The van der Waals surface area contributed by atoms with Crippen molar-refractivity contribution in [3.8, 4) is 0 Å². The van der Waals surface area contributed by atoms with Gasteiger partial charge in [0.05, 0.1) is 0 Å². The molecule has 110 valence electrons. The van der Waals surface area contributed by atoms with Gasteiger partial charge in [-0.3, -0.25) is 9.59 Å². The smallest absolute Gasteiger partial charge is 0.250 e. The van der Waals surface area contributed by atoms with Gasteiger partial charge in [0.1, 0.15) is 6.54 Å². The number of nitrogens with zero attached hydrogens (tertiary/aromatic N) is 2. The van der Waals surface area contributed by atoms with Crippen molar-refractivity contribution in [2.24, 2.45) is 0 Å². The minimum absolute atomic E-state index is 0.0766. The number of aromatic nitrogens is 1. The standard InChI is InChI=1S/C15H23N3O2/c1-2-8-17-10-6-13(7-11-17)16-14(19)12-18-9-4-3-5-15(18)20/h3-5,9,13H,2,6-8,10-12H2,1H3,(H,16,19). The Hall–Kier alpha value is -1.62. The zero-order valence-corrected chi connectivity index (χ0v) is 12.0. The van der Waals surface area contributed by atoms with E-state index in [9.17, 15) is 9.59 Å². The molecule has 1 aromatic heterocycles. The molecule has 1 aliphatic heterocycles. The van der Waals surface area contributed by atoms with Gasteiger partial charge in [0.25, 0.3) is 5.56 Å². The number of nitrogens with one attached hydrogen (secondary N) is 1. The molecule has 1 saturated heterocycles. The second-order valence-corrected chi connectivity index (χ2v) is 5.35. The Kier molecular flexibility index (Phi) is 5.35. The van der Waals surface area contributed by atoms with E-state index >= 15 is 0 Å². The molecule has 0 bridgehead atoms. The predicted molar refractivity (Wildman–Crippen MR) is 78.6 cm³/mol. The summed E-state index contributed by atoms with van der Waals surface area (Å²) in [6.07, 6.45) is 4.81. The van der Waals surface area contributed by atoms with E-state index in [0.29, 0.717) is 0 Å². The van der Waals surface area contributed by atoms with Gasteiger partial charge in [0.15, 0.2) is 0 Å². The molecule has 2 heterocycles. The van der Waals surface area contributed by atoms with Crippen LogP contribution in [0, 0.1) is 0 Å². The lowest BCUT2D eigenvalue weighted by Crippen LogP contribution is -2.46. The Morgan fingerprint density at radius 2 is 2.10 bits per heavy atom. The lowest BCUT2D eigenvalue weighted by Gasteiger charge is -2.32. The number of rotatable bonds is 5. The molecular weight excluding hydrogens is 254 g/mol. The number of carbonyl (C=O) groups is 1. The van der Waals surface area contributed by atoms with Crippen LogP contribution in [0.4, 0.5) is 0 Å². The van der Waals surface area contributed by atoms with Gasteiger partial charge in [0, 0.05) is 31.4 Å². The Labute approximate surface area is 119 Å². The third kappa shape index (κ3) is 4.20. The van der Waals surface area contributed by atoms with E-state index in [4.69, 9.17) is 0 Å². The van der Waals surface area contributed by atoms with E-state index < -0.39 is 0 Å². The van der Waals surface area contributed by atoms with Crippen LogP contribution in [0.5, 0.6) is 0 Å². The highest BCUT2D eigenvalue weighted by molar-refractivity contribution is 5.76. The number of amides is 1. The van der Waals surface area contributed by atoms with Crippen molar-refractivity contribution >= 4 is 5.91 Å². The molecule has 20 heavy (non-hydrogen) atoms. The maximum absolute atomic E-state index is 12.0. The van der Waals surface area contributed by atoms with Gasteiger partial charge < -0.3 is 14.8 Å². The maximum atomic E-state index is 12.0. The SMILES string of the molecule is CCCN1CCC(NC(=O)Cn2ccccc2=O)CC1. The van der Waals surface area contributed by atoms with E-state index in [2.05, 4.69) is 17.1 Å². The normalized spacial score (nSPS) is 17.1. The molecule has 5 nitrogen and oxygen atoms in total. The molecule has 0 aromatic carbocycles. The van der Waals surface area contributed by atoms with Gasteiger partial charge in [-0.1, -0.05) is 13.0 Å². The van der Waals surface area contributed by atoms with Gasteiger partial charge >= 0.3 is 0 Å². The summed E-state index contributed by atoms with van der Waals surface area (Å²) < 4.78 is 1.43. The summed E-state index contributed by atoms with van der Waals surface area (Å²) in [5, 5.41) is 3.03. The second kappa shape index (κ2) is 7.24. The van der Waals surface area contributed by atoms with Crippen LogP contribution in [0.1, 0.15) is 26.2 Å². The van der Waals surface area contributed by atoms with Crippen LogP contribution in [0.2, 0.25) is 0 Å². The molecule has 1 amide bonds. The fourth-order valence-electron chi connectivity index (χ4n) is 2.64. The van der Waals surface area contributed by atoms with Gasteiger partial charge in [-0.05, 0) is 31.9 Å². The number of pyridine rings is 1. The van der Waals surface area contributed by atoms with Crippen molar-refractivity contribution in [3.63, 3.8) is 0 Å². The maximum Gasteiger partial charge on any atom is 0.250 e. The van der Waals surface area contributed by atoms with Gasteiger partial charge in [-0.25, -0.2) is 0 Å². The molecule has 1 aliphatic rings. The van der Waals surface area contributed by atoms with Gasteiger partial charge in [0.2, 0.25) is 5.91 Å². The minimum Gasteiger partial charge on any atom is -0.352 e. The van der Waals surface area contributed by atoms with Crippen molar-refractivity contribution in [3.05, 3.63) is 34.7 Å². The van der Waals surface area contributed by atoms with Crippen molar-refractivity contribution in [1.29, 1.82) is 0 Å². The Morgan fingerprint density at radius 1 is 1.35 bits per heavy atom. The van der Waals surface area contributed by atoms with E-state index in [1.54, 1.807) is 18.3 Å². The van der Waals surface area contributed by atoms with Crippen LogP contribution in [-0.4, -0.2) is 41.1 Å². The summed E-state index contributed by atoms with van der Waals surface area (Å²) in [7, 11) is 0. The summed E-state index contributed by atoms with van der Waals surface area (Å²) in [6.45, 7) is 5.52. The van der Waals surface area contributed by atoms with Crippen LogP contribution < -0.4 is 10.9 Å². The molecule has 0 radical (unpaired) electrons. The monoisotopic (exact) mass is 277 g/mol. The third-order valence-corrected chi connectivity index (χ3v) is 3.71. The number of carbonyl (C=O) groups excluding carboxylic acids is 1. The molecule has 1 aromatic rings. The first-order valence-electron chi connectivity index (χ1n) is 7.36. The summed E-state index contributed by atoms with van der Waals surface area (Å²) in [4.78, 5) is 25.9. The molecule has 2 rings (SSSR count). The highest BCUT2D eigenvalue weighted by Crippen LogP contribution is 2.10. The van der Waals surface area contributed by atoms with Crippen molar-refractivity contribution in [2.45, 2.75) is 38.8 Å². The quantitative estimate of drug-likeness (QED) is 0.867. The van der Waals surface area contributed by atoms with Crippen LogP contribution in [0.25, 0.3) is 0 Å². The predicted octanol–water partition coefficient (Wildman–Crippen LogP) is 0.839. The summed E-state index contributed by atoms with van der Waals surface area (Å²) >= 11 is 0. The Balaban J connectivity index is 1.78. The zero-order chi connectivity index (χ0) is 14.4. The number of likely N-dealkylation sites (tertiary alicyclic amines) is 1. The average molecular weight is 277 g/mol.